The zero-order chi connectivity index (χ0) is 14.1. The lowest BCUT2D eigenvalue weighted by atomic mass is 10.0. The number of benzene rings is 1. The van der Waals surface area contributed by atoms with Crippen LogP contribution in [0.2, 0.25) is 0 Å². The van der Waals surface area contributed by atoms with Crippen LogP contribution in [0.5, 0.6) is 0 Å². The SMILES string of the molecule is O=C(O)C1COCC1NC(=O)C1CC1c1ccccc1. The number of hydrogen-bond acceptors (Lipinski definition) is 3. The molecule has 3 rings (SSSR count). The number of rotatable bonds is 4. The first-order valence-electron chi connectivity index (χ1n) is 6.82. The topological polar surface area (TPSA) is 75.6 Å². The zero-order valence-corrected chi connectivity index (χ0v) is 11.0. The average Bonchev–Trinajstić information content (AvgIpc) is 3.12. The van der Waals surface area contributed by atoms with E-state index in [0.29, 0.717) is 0 Å². The van der Waals surface area contributed by atoms with E-state index in [1.54, 1.807) is 0 Å². The van der Waals surface area contributed by atoms with Gasteiger partial charge < -0.3 is 15.2 Å². The summed E-state index contributed by atoms with van der Waals surface area (Å²) >= 11 is 0. The van der Waals surface area contributed by atoms with E-state index in [9.17, 15) is 9.59 Å². The second-order valence-corrected chi connectivity index (χ2v) is 5.46. The van der Waals surface area contributed by atoms with Crippen molar-refractivity contribution in [1.82, 2.24) is 5.32 Å². The van der Waals surface area contributed by atoms with Gasteiger partial charge in [-0.1, -0.05) is 30.3 Å². The maximum atomic E-state index is 12.2. The molecule has 0 aromatic heterocycles. The maximum Gasteiger partial charge on any atom is 0.311 e. The van der Waals surface area contributed by atoms with Crippen molar-refractivity contribution in [3.8, 4) is 0 Å². The molecule has 1 aromatic rings. The summed E-state index contributed by atoms with van der Waals surface area (Å²) in [5.41, 5.74) is 1.17. The molecule has 1 heterocycles. The Hall–Kier alpha value is -1.88. The molecular weight excluding hydrogens is 258 g/mol. The standard InChI is InChI=1S/C15H17NO4/c17-14(16-13-8-20-7-12(13)15(18)19)11-6-10(11)9-4-2-1-3-5-9/h1-5,10-13H,6-8H2,(H,16,17)(H,18,19). The van der Waals surface area contributed by atoms with Crippen molar-refractivity contribution in [2.24, 2.45) is 11.8 Å². The van der Waals surface area contributed by atoms with Gasteiger partial charge in [-0.15, -0.1) is 0 Å². The van der Waals surface area contributed by atoms with Gasteiger partial charge >= 0.3 is 5.97 Å². The van der Waals surface area contributed by atoms with Gasteiger partial charge in [0.1, 0.15) is 5.92 Å². The minimum Gasteiger partial charge on any atom is -0.481 e. The van der Waals surface area contributed by atoms with E-state index >= 15 is 0 Å². The number of carbonyl (C=O) groups excluding carboxylic acids is 1. The third kappa shape index (κ3) is 2.54. The zero-order valence-electron chi connectivity index (χ0n) is 11.0. The van der Waals surface area contributed by atoms with Gasteiger partial charge in [0.15, 0.2) is 0 Å². The Morgan fingerprint density at radius 1 is 1.15 bits per heavy atom. The van der Waals surface area contributed by atoms with Gasteiger partial charge in [-0.2, -0.15) is 0 Å². The summed E-state index contributed by atoms with van der Waals surface area (Å²) in [5, 5.41) is 11.9. The van der Waals surface area contributed by atoms with Crippen LogP contribution in [0.15, 0.2) is 30.3 Å². The summed E-state index contributed by atoms with van der Waals surface area (Å²) in [6, 6.07) is 9.53. The molecule has 1 saturated heterocycles. The summed E-state index contributed by atoms with van der Waals surface area (Å²) in [6.07, 6.45) is 0.834. The van der Waals surface area contributed by atoms with E-state index < -0.39 is 17.9 Å². The predicted molar refractivity (Wildman–Crippen MR) is 71.2 cm³/mol. The third-order valence-corrected chi connectivity index (χ3v) is 4.08. The fourth-order valence-electron chi connectivity index (χ4n) is 2.78. The highest BCUT2D eigenvalue weighted by atomic mass is 16.5. The van der Waals surface area contributed by atoms with Crippen molar-refractivity contribution >= 4 is 11.9 Å². The van der Waals surface area contributed by atoms with Gasteiger partial charge in [0.05, 0.1) is 19.3 Å². The molecule has 5 heteroatoms. The first kappa shape index (κ1) is 13.1. The average molecular weight is 275 g/mol. The molecule has 1 aliphatic heterocycles. The highest BCUT2D eigenvalue weighted by Gasteiger charge is 2.45. The molecule has 1 aliphatic carbocycles. The normalized spacial score (nSPS) is 31.8. The van der Waals surface area contributed by atoms with Gasteiger partial charge in [0.2, 0.25) is 5.91 Å². The first-order chi connectivity index (χ1) is 9.66. The van der Waals surface area contributed by atoms with Gasteiger partial charge in [-0.25, -0.2) is 0 Å². The number of nitrogens with one attached hydrogen (secondary N) is 1. The van der Waals surface area contributed by atoms with Crippen LogP contribution in [0.3, 0.4) is 0 Å². The van der Waals surface area contributed by atoms with Crippen LogP contribution in [0, 0.1) is 11.8 Å². The number of aliphatic carboxylic acids is 1. The summed E-state index contributed by atoms with van der Waals surface area (Å²) < 4.78 is 5.15. The summed E-state index contributed by atoms with van der Waals surface area (Å²) in [4.78, 5) is 23.2. The van der Waals surface area contributed by atoms with E-state index in [1.807, 2.05) is 30.3 Å². The molecule has 106 valence electrons. The minimum absolute atomic E-state index is 0.0348. The fourth-order valence-corrected chi connectivity index (χ4v) is 2.78. The quantitative estimate of drug-likeness (QED) is 0.859. The summed E-state index contributed by atoms with van der Waals surface area (Å²) in [7, 11) is 0. The Kier molecular flexibility index (Phi) is 3.44. The van der Waals surface area contributed by atoms with Crippen LogP contribution < -0.4 is 5.32 Å². The maximum absolute atomic E-state index is 12.2. The Morgan fingerprint density at radius 2 is 1.90 bits per heavy atom. The Labute approximate surface area is 116 Å². The van der Waals surface area contributed by atoms with E-state index in [-0.39, 0.29) is 31.0 Å². The minimum atomic E-state index is -0.914. The van der Waals surface area contributed by atoms with Crippen LogP contribution in [-0.2, 0) is 14.3 Å². The van der Waals surface area contributed by atoms with E-state index in [2.05, 4.69) is 5.32 Å². The Balaban J connectivity index is 1.58. The predicted octanol–water partition coefficient (Wildman–Crippen LogP) is 1.01. The van der Waals surface area contributed by atoms with Crippen molar-refractivity contribution in [1.29, 1.82) is 0 Å². The van der Waals surface area contributed by atoms with E-state index in [1.165, 1.54) is 5.56 Å². The molecule has 2 aliphatic rings. The number of carboxylic acid groups (broad SMARTS) is 1. The molecule has 2 N–H and O–H groups in total. The van der Waals surface area contributed by atoms with E-state index in [4.69, 9.17) is 9.84 Å². The molecule has 5 nitrogen and oxygen atoms in total. The lowest BCUT2D eigenvalue weighted by Crippen LogP contribution is -2.43. The van der Waals surface area contributed by atoms with Crippen LogP contribution in [0.4, 0.5) is 0 Å². The van der Waals surface area contributed by atoms with Gasteiger partial charge in [0, 0.05) is 5.92 Å². The van der Waals surface area contributed by atoms with Crippen molar-refractivity contribution in [3.05, 3.63) is 35.9 Å². The molecule has 1 saturated carbocycles. The molecule has 1 amide bonds. The number of carboxylic acids is 1. The third-order valence-electron chi connectivity index (χ3n) is 4.08. The molecule has 0 bridgehead atoms. The molecule has 0 radical (unpaired) electrons. The van der Waals surface area contributed by atoms with Crippen LogP contribution >= 0.6 is 0 Å². The van der Waals surface area contributed by atoms with Crippen molar-refractivity contribution in [2.45, 2.75) is 18.4 Å². The molecule has 20 heavy (non-hydrogen) atoms. The van der Waals surface area contributed by atoms with Gasteiger partial charge in [-0.3, -0.25) is 9.59 Å². The van der Waals surface area contributed by atoms with Crippen molar-refractivity contribution < 1.29 is 19.4 Å². The van der Waals surface area contributed by atoms with Crippen LogP contribution in [0.25, 0.3) is 0 Å². The van der Waals surface area contributed by atoms with Gasteiger partial charge in [0.25, 0.3) is 0 Å². The molecule has 4 atom stereocenters. The lowest BCUT2D eigenvalue weighted by Gasteiger charge is -2.15. The number of carbonyl (C=O) groups is 2. The summed E-state index contributed by atoms with van der Waals surface area (Å²) in [6.45, 7) is 0.457. The number of amides is 1. The monoisotopic (exact) mass is 275 g/mol. The molecule has 4 unspecified atom stereocenters. The number of ether oxygens (including phenoxy) is 1. The van der Waals surface area contributed by atoms with E-state index in [0.717, 1.165) is 6.42 Å². The number of hydrogen-bond donors (Lipinski definition) is 2. The smallest absolute Gasteiger partial charge is 0.311 e. The Morgan fingerprint density at radius 3 is 2.60 bits per heavy atom. The fraction of sp³-hybridized carbons (Fsp3) is 0.467. The first-order valence-corrected chi connectivity index (χ1v) is 6.82. The van der Waals surface area contributed by atoms with Gasteiger partial charge in [-0.05, 0) is 17.9 Å². The van der Waals surface area contributed by atoms with Crippen molar-refractivity contribution in [2.75, 3.05) is 13.2 Å². The summed E-state index contributed by atoms with van der Waals surface area (Å²) in [5.74, 6) is -1.37. The highest BCUT2D eigenvalue weighted by Crippen LogP contribution is 2.47. The molecular formula is C15H17NO4. The largest absolute Gasteiger partial charge is 0.481 e. The van der Waals surface area contributed by atoms with Crippen LogP contribution in [-0.4, -0.2) is 36.2 Å². The highest BCUT2D eigenvalue weighted by molar-refractivity contribution is 5.84. The second kappa shape index (κ2) is 5.25. The van der Waals surface area contributed by atoms with Crippen molar-refractivity contribution in [3.63, 3.8) is 0 Å². The van der Waals surface area contributed by atoms with Crippen LogP contribution in [0.1, 0.15) is 17.9 Å². The second-order valence-electron chi connectivity index (χ2n) is 5.46. The molecule has 0 spiro atoms. The molecule has 2 fully saturated rings. The Bertz CT molecular complexity index is 516. The molecule has 1 aromatic carbocycles. The lowest BCUT2D eigenvalue weighted by molar-refractivity contribution is -0.142.